The minimum Gasteiger partial charge on any atom is -0.482 e. The van der Waals surface area contributed by atoms with Crippen molar-refractivity contribution >= 4 is 22.5 Å². The Morgan fingerprint density at radius 3 is 2.25 bits per heavy atom. The third kappa shape index (κ3) is 3.98. The SMILES string of the molecule is O=C(COc1ccc2ccccc2c1)OCC(=O)c1ccccc1. The summed E-state index contributed by atoms with van der Waals surface area (Å²) in [4.78, 5) is 23.6. The highest BCUT2D eigenvalue weighted by Gasteiger charge is 2.10. The molecule has 0 N–H and O–H groups in total. The van der Waals surface area contributed by atoms with Crippen molar-refractivity contribution < 1.29 is 19.1 Å². The normalized spacial score (nSPS) is 10.3. The van der Waals surface area contributed by atoms with E-state index in [1.54, 1.807) is 30.3 Å². The first-order chi connectivity index (χ1) is 11.7. The van der Waals surface area contributed by atoms with Gasteiger partial charge in [-0.3, -0.25) is 4.79 Å². The van der Waals surface area contributed by atoms with Crippen LogP contribution in [0.15, 0.2) is 72.8 Å². The van der Waals surface area contributed by atoms with Gasteiger partial charge in [0.25, 0.3) is 0 Å². The predicted molar refractivity (Wildman–Crippen MR) is 91.2 cm³/mol. The molecule has 0 radical (unpaired) electrons. The van der Waals surface area contributed by atoms with Crippen LogP contribution < -0.4 is 4.74 Å². The van der Waals surface area contributed by atoms with Gasteiger partial charge in [-0.25, -0.2) is 4.79 Å². The van der Waals surface area contributed by atoms with E-state index in [0.29, 0.717) is 11.3 Å². The van der Waals surface area contributed by atoms with Crippen LogP contribution in [0.1, 0.15) is 10.4 Å². The monoisotopic (exact) mass is 320 g/mol. The summed E-state index contributed by atoms with van der Waals surface area (Å²) in [7, 11) is 0. The van der Waals surface area contributed by atoms with Crippen molar-refractivity contribution in [3.63, 3.8) is 0 Å². The van der Waals surface area contributed by atoms with Crippen molar-refractivity contribution in [2.24, 2.45) is 0 Å². The molecule has 0 heterocycles. The molecule has 0 saturated heterocycles. The Kier molecular flexibility index (Phi) is 4.87. The maximum Gasteiger partial charge on any atom is 0.344 e. The quantitative estimate of drug-likeness (QED) is 0.514. The maximum absolute atomic E-state index is 11.9. The molecule has 0 aliphatic heterocycles. The van der Waals surface area contributed by atoms with Gasteiger partial charge < -0.3 is 9.47 Å². The van der Waals surface area contributed by atoms with Gasteiger partial charge in [0.1, 0.15) is 5.75 Å². The number of fused-ring (bicyclic) bond motifs is 1. The molecule has 0 aliphatic carbocycles. The lowest BCUT2D eigenvalue weighted by molar-refractivity contribution is -0.144. The highest BCUT2D eigenvalue weighted by Crippen LogP contribution is 2.20. The second-order valence-corrected chi connectivity index (χ2v) is 5.25. The van der Waals surface area contributed by atoms with Gasteiger partial charge in [0, 0.05) is 5.56 Å². The van der Waals surface area contributed by atoms with Crippen LogP contribution in [0, 0.1) is 0 Å². The molecule has 3 aromatic carbocycles. The lowest BCUT2D eigenvalue weighted by atomic mass is 10.1. The van der Waals surface area contributed by atoms with Crippen molar-refractivity contribution in [3.05, 3.63) is 78.4 Å². The van der Waals surface area contributed by atoms with Crippen molar-refractivity contribution in [1.82, 2.24) is 0 Å². The van der Waals surface area contributed by atoms with Gasteiger partial charge in [0.15, 0.2) is 19.0 Å². The van der Waals surface area contributed by atoms with Crippen LogP contribution in [0.25, 0.3) is 10.8 Å². The smallest absolute Gasteiger partial charge is 0.344 e. The van der Waals surface area contributed by atoms with Crippen LogP contribution in [0.2, 0.25) is 0 Å². The minimum absolute atomic E-state index is 0.236. The van der Waals surface area contributed by atoms with E-state index in [0.717, 1.165) is 10.8 Å². The number of ketones is 1. The summed E-state index contributed by atoms with van der Waals surface area (Å²) in [5.41, 5.74) is 0.515. The second kappa shape index (κ2) is 7.42. The molecule has 0 saturated carbocycles. The van der Waals surface area contributed by atoms with E-state index < -0.39 is 5.97 Å². The van der Waals surface area contributed by atoms with Crippen molar-refractivity contribution in [2.75, 3.05) is 13.2 Å². The molecule has 0 bridgehead atoms. The maximum atomic E-state index is 11.9. The van der Waals surface area contributed by atoms with Gasteiger partial charge in [0.05, 0.1) is 0 Å². The molecule has 4 nitrogen and oxygen atoms in total. The first-order valence-corrected chi connectivity index (χ1v) is 7.58. The number of ether oxygens (including phenoxy) is 2. The van der Waals surface area contributed by atoms with Gasteiger partial charge in [-0.05, 0) is 22.9 Å². The summed E-state index contributed by atoms with van der Waals surface area (Å²) in [6, 6.07) is 22.2. The van der Waals surface area contributed by atoms with Gasteiger partial charge in [-0.1, -0.05) is 60.7 Å². The van der Waals surface area contributed by atoms with Crippen molar-refractivity contribution in [1.29, 1.82) is 0 Å². The number of rotatable bonds is 6. The molecule has 3 rings (SSSR count). The fourth-order valence-electron chi connectivity index (χ4n) is 2.29. The average molecular weight is 320 g/mol. The van der Waals surface area contributed by atoms with Crippen molar-refractivity contribution in [3.8, 4) is 5.75 Å². The van der Waals surface area contributed by atoms with Gasteiger partial charge in [-0.2, -0.15) is 0 Å². The summed E-state index contributed by atoms with van der Waals surface area (Å²) in [6.45, 7) is -0.523. The first kappa shape index (κ1) is 15.7. The minimum atomic E-state index is -0.576. The zero-order chi connectivity index (χ0) is 16.8. The Morgan fingerprint density at radius 1 is 0.750 bits per heavy atom. The van der Waals surface area contributed by atoms with Crippen LogP contribution in [-0.2, 0) is 9.53 Å². The Labute approximate surface area is 139 Å². The number of hydrogen-bond acceptors (Lipinski definition) is 4. The molecule has 120 valence electrons. The third-order valence-corrected chi connectivity index (χ3v) is 3.54. The van der Waals surface area contributed by atoms with Crippen molar-refractivity contribution in [2.45, 2.75) is 0 Å². The highest BCUT2D eigenvalue weighted by atomic mass is 16.6. The fourth-order valence-corrected chi connectivity index (χ4v) is 2.29. The van der Waals surface area contributed by atoms with E-state index in [4.69, 9.17) is 9.47 Å². The summed E-state index contributed by atoms with van der Waals surface area (Å²) >= 11 is 0. The Bertz CT molecular complexity index is 856. The Hall–Kier alpha value is -3.14. The van der Waals surface area contributed by atoms with E-state index in [2.05, 4.69) is 0 Å². The van der Waals surface area contributed by atoms with E-state index in [1.165, 1.54) is 0 Å². The predicted octanol–water partition coefficient (Wildman–Crippen LogP) is 3.64. The molecule has 0 aromatic heterocycles. The fraction of sp³-hybridized carbons (Fsp3) is 0.100. The summed E-state index contributed by atoms with van der Waals surface area (Å²) in [6.07, 6.45) is 0. The molecule has 3 aromatic rings. The van der Waals surface area contributed by atoms with Gasteiger partial charge in [0.2, 0.25) is 0 Å². The van der Waals surface area contributed by atoms with Crippen LogP contribution in [0.4, 0.5) is 0 Å². The molecule has 0 unspecified atom stereocenters. The van der Waals surface area contributed by atoms with E-state index in [-0.39, 0.29) is 19.0 Å². The van der Waals surface area contributed by atoms with Crippen LogP contribution >= 0.6 is 0 Å². The molecular weight excluding hydrogens is 304 g/mol. The lowest BCUT2D eigenvalue weighted by Crippen LogP contribution is -2.19. The average Bonchev–Trinajstić information content (AvgIpc) is 2.65. The lowest BCUT2D eigenvalue weighted by Gasteiger charge is -2.07. The second-order valence-electron chi connectivity index (χ2n) is 5.25. The van der Waals surface area contributed by atoms with Gasteiger partial charge in [-0.15, -0.1) is 0 Å². The van der Waals surface area contributed by atoms with Gasteiger partial charge >= 0.3 is 5.97 Å². The number of carbonyl (C=O) groups excluding carboxylic acids is 2. The molecular formula is C20H16O4. The molecule has 4 heteroatoms. The number of hydrogen-bond donors (Lipinski definition) is 0. The van der Waals surface area contributed by atoms with Crippen LogP contribution in [0.3, 0.4) is 0 Å². The van der Waals surface area contributed by atoms with E-state index in [1.807, 2.05) is 42.5 Å². The summed E-state index contributed by atoms with van der Waals surface area (Å²) in [5, 5.41) is 2.13. The number of esters is 1. The number of carbonyl (C=O) groups is 2. The van der Waals surface area contributed by atoms with E-state index >= 15 is 0 Å². The van der Waals surface area contributed by atoms with Crippen LogP contribution in [-0.4, -0.2) is 25.0 Å². The van der Waals surface area contributed by atoms with Crippen LogP contribution in [0.5, 0.6) is 5.75 Å². The zero-order valence-corrected chi connectivity index (χ0v) is 13.0. The molecule has 0 spiro atoms. The standard InChI is InChI=1S/C20H16O4/c21-19(16-7-2-1-3-8-16)13-24-20(22)14-23-18-11-10-15-6-4-5-9-17(15)12-18/h1-12H,13-14H2. The molecule has 0 aliphatic rings. The Morgan fingerprint density at radius 2 is 1.46 bits per heavy atom. The molecule has 0 amide bonds. The summed E-state index contributed by atoms with van der Waals surface area (Å²) in [5.74, 6) is -0.234. The molecule has 0 fully saturated rings. The van der Waals surface area contributed by atoms with E-state index in [9.17, 15) is 9.59 Å². The molecule has 0 atom stereocenters. The highest BCUT2D eigenvalue weighted by molar-refractivity contribution is 5.97. The topological polar surface area (TPSA) is 52.6 Å². The zero-order valence-electron chi connectivity index (χ0n) is 13.0. The summed E-state index contributed by atoms with van der Waals surface area (Å²) < 4.78 is 10.4. The third-order valence-electron chi connectivity index (χ3n) is 3.54. The Balaban J connectivity index is 1.50. The number of Topliss-reactive ketones (excluding diaryl/α,β-unsaturated/α-hetero) is 1. The number of benzene rings is 3. The first-order valence-electron chi connectivity index (χ1n) is 7.58. The largest absolute Gasteiger partial charge is 0.482 e. The molecule has 24 heavy (non-hydrogen) atoms.